The van der Waals surface area contributed by atoms with E-state index in [-0.39, 0.29) is 29.8 Å². The van der Waals surface area contributed by atoms with Crippen LogP contribution in [0.4, 0.5) is 17.6 Å². The number of halogens is 4. The number of aromatic carboxylic acids is 1. The normalized spacial score (nSPS) is 17.3. The van der Waals surface area contributed by atoms with E-state index in [1.807, 2.05) is 0 Å². The fourth-order valence-corrected chi connectivity index (χ4v) is 3.01. The zero-order chi connectivity index (χ0) is 19.7. The molecule has 2 heterocycles. The molecule has 0 amide bonds. The van der Waals surface area contributed by atoms with E-state index >= 15 is 0 Å². The van der Waals surface area contributed by atoms with Gasteiger partial charge in [-0.15, -0.1) is 0 Å². The minimum Gasteiger partial charge on any atom is -0.477 e. The predicted octanol–water partition coefficient (Wildman–Crippen LogP) is 4.05. The van der Waals surface area contributed by atoms with Crippen LogP contribution in [0.5, 0.6) is 5.88 Å². The highest BCUT2D eigenvalue weighted by molar-refractivity contribution is 5.88. The van der Waals surface area contributed by atoms with Gasteiger partial charge in [-0.2, -0.15) is 8.78 Å². The first-order valence-electron chi connectivity index (χ1n) is 8.09. The summed E-state index contributed by atoms with van der Waals surface area (Å²) in [6.07, 6.45) is -1.17. The molecule has 144 valence electrons. The van der Waals surface area contributed by atoms with Crippen molar-refractivity contribution in [3.8, 4) is 17.0 Å². The summed E-state index contributed by atoms with van der Waals surface area (Å²) in [6, 6.07) is 4.12. The molecular weight excluding hydrogens is 370 g/mol. The average Bonchev–Trinajstić information content (AvgIpc) is 2.59. The van der Waals surface area contributed by atoms with Crippen LogP contribution in [0.1, 0.15) is 29.4 Å². The van der Waals surface area contributed by atoms with Crippen molar-refractivity contribution >= 4 is 5.97 Å². The van der Waals surface area contributed by atoms with Gasteiger partial charge < -0.3 is 14.6 Å². The van der Waals surface area contributed by atoms with E-state index in [9.17, 15) is 27.5 Å². The Hall–Kier alpha value is -2.68. The third-order valence-electron chi connectivity index (χ3n) is 4.31. The molecule has 2 aromatic rings. The van der Waals surface area contributed by atoms with Crippen LogP contribution in [-0.2, 0) is 11.2 Å². The number of hydrogen-bond donors (Lipinski definition) is 1. The SMILES string of the molecule is C[C@@H](OC(F)F)C1CCc2c(-c3ccc(F)cc3F)cc(C(=O)O)nc2O1. The molecule has 9 heteroatoms. The van der Waals surface area contributed by atoms with Crippen molar-refractivity contribution in [2.24, 2.45) is 0 Å². The number of rotatable bonds is 5. The molecular formula is C18H15F4NO4. The van der Waals surface area contributed by atoms with Crippen molar-refractivity contribution in [3.63, 3.8) is 0 Å². The minimum absolute atomic E-state index is 0.00326. The van der Waals surface area contributed by atoms with Gasteiger partial charge in [-0.25, -0.2) is 18.6 Å². The van der Waals surface area contributed by atoms with Gasteiger partial charge in [-0.3, -0.25) is 0 Å². The smallest absolute Gasteiger partial charge is 0.354 e. The van der Waals surface area contributed by atoms with Crippen LogP contribution in [0.3, 0.4) is 0 Å². The maximum absolute atomic E-state index is 14.2. The zero-order valence-corrected chi connectivity index (χ0v) is 14.1. The highest BCUT2D eigenvalue weighted by Crippen LogP contribution is 2.37. The van der Waals surface area contributed by atoms with Gasteiger partial charge in [0.1, 0.15) is 17.7 Å². The number of fused-ring (bicyclic) bond motifs is 1. The molecule has 1 aromatic carbocycles. The molecule has 0 radical (unpaired) electrons. The second-order valence-electron chi connectivity index (χ2n) is 6.06. The van der Waals surface area contributed by atoms with Crippen LogP contribution in [0.2, 0.25) is 0 Å². The lowest BCUT2D eigenvalue weighted by Gasteiger charge is -2.30. The Kier molecular flexibility index (Phi) is 5.31. The van der Waals surface area contributed by atoms with Crippen LogP contribution in [0, 0.1) is 11.6 Å². The monoisotopic (exact) mass is 385 g/mol. The molecule has 0 fully saturated rings. The first kappa shape index (κ1) is 19.1. The summed E-state index contributed by atoms with van der Waals surface area (Å²) in [5.41, 5.74) is 0.217. The highest BCUT2D eigenvalue weighted by atomic mass is 19.3. The van der Waals surface area contributed by atoms with Gasteiger partial charge in [0.2, 0.25) is 5.88 Å². The van der Waals surface area contributed by atoms with Crippen LogP contribution in [0.15, 0.2) is 24.3 Å². The van der Waals surface area contributed by atoms with Crippen LogP contribution in [-0.4, -0.2) is 34.9 Å². The molecule has 0 bridgehead atoms. The van der Waals surface area contributed by atoms with Crippen molar-refractivity contribution in [2.45, 2.75) is 38.6 Å². The van der Waals surface area contributed by atoms with Gasteiger partial charge in [0.05, 0.1) is 6.10 Å². The molecule has 1 unspecified atom stereocenters. The Labute approximate surface area is 151 Å². The van der Waals surface area contributed by atoms with Gasteiger partial charge >= 0.3 is 12.6 Å². The number of aromatic nitrogens is 1. The molecule has 0 spiro atoms. The summed E-state index contributed by atoms with van der Waals surface area (Å²) in [7, 11) is 0. The summed E-state index contributed by atoms with van der Waals surface area (Å²) in [6.45, 7) is -1.57. The number of ether oxygens (including phenoxy) is 2. The molecule has 0 saturated carbocycles. The van der Waals surface area contributed by atoms with E-state index in [1.165, 1.54) is 19.1 Å². The summed E-state index contributed by atoms with van der Waals surface area (Å²) >= 11 is 0. The van der Waals surface area contributed by atoms with Crippen molar-refractivity contribution in [2.75, 3.05) is 0 Å². The maximum atomic E-state index is 14.2. The Morgan fingerprint density at radius 1 is 1.30 bits per heavy atom. The van der Waals surface area contributed by atoms with Crippen molar-refractivity contribution < 1.29 is 36.9 Å². The first-order chi connectivity index (χ1) is 12.8. The third kappa shape index (κ3) is 4.02. The Morgan fingerprint density at radius 3 is 2.67 bits per heavy atom. The van der Waals surface area contributed by atoms with Crippen LogP contribution < -0.4 is 4.74 Å². The average molecular weight is 385 g/mol. The first-order valence-corrected chi connectivity index (χ1v) is 8.09. The van der Waals surface area contributed by atoms with Crippen LogP contribution in [0.25, 0.3) is 11.1 Å². The molecule has 1 aromatic heterocycles. The number of hydrogen-bond acceptors (Lipinski definition) is 4. The molecule has 1 aliphatic rings. The number of carbonyl (C=O) groups is 1. The molecule has 1 aliphatic heterocycles. The van der Waals surface area contributed by atoms with Gasteiger partial charge in [-0.05, 0) is 43.5 Å². The number of carboxylic acids is 1. The predicted molar refractivity (Wildman–Crippen MR) is 85.8 cm³/mol. The second kappa shape index (κ2) is 7.51. The molecule has 5 nitrogen and oxygen atoms in total. The lowest BCUT2D eigenvalue weighted by atomic mass is 9.93. The molecule has 27 heavy (non-hydrogen) atoms. The molecule has 0 aliphatic carbocycles. The van der Waals surface area contributed by atoms with E-state index < -0.39 is 42.1 Å². The van der Waals surface area contributed by atoms with Gasteiger partial charge in [0.15, 0.2) is 5.69 Å². The van der Waals surface area contributed by atoms with Crippen molar-refractivity contribution in [1.82, 2.24) is 4.98 Å². The highest BCUT2D eigenvalue weighted by Gasteiger charge is 2.31. The topological polar surface area (TPSA) is 68.7 Å². The van der Waals surface area contributed by atoms with E-state index in [2.05, 4.69) is 9.72 Å². The molecule has 1 N–H and O–H groups in total. The lowest BCUT2D eigenvalue weighted by Crippen LogP contribution is -2.36. The number of alkyl halides is 2. The van der Waals surface area contributed by atoms with E-state index in [4.69, 9.17) is 4.74 Å². The maximum Gasteiger partial charge on any atom is 0.354 e. The summed E-state index contributed by atoms with van der Waals surface area (Å²) in [4.78, 5) is 15.3. The number of benzene rings is 1. The van der Waals surface area contributed by atoms with E-state index in [0.29, 0.717) is 11.6 Å². The number of pyridine rings is 1. The van der Waals surface area contributed by atoms with E-state index in [1.54, 1.807) is 0 Å². The lowest BCUT2D eigenvalue weighted by molar-refractivity contribution is -0.180. The zero-order valence-electron chi connectivity index (χ0n) is 14.1. The molecule has 3 rings (SSSR count). The summed E-state index contributed by atoms with van der Waals surface area (Å²) in [5, 5.41) is 9.27. The van der Waals surface area contributed by atoms with Crippen molar-refractivity contribution in [1.29, 1.82) is 0 Å². The Morgan fingerprint density at radius 2 is 2.04 bits per heavy atom. The second-order valence-corrected chi connectivity index (χ2v) is 6.06. The van der Waals surface area contributed by atoms with E-state index in [0.717, 1.165) is 6.07 Å². The molecule has 0 saturated heterocycles. The number of nitrogens with zero attached hydrogens (tertiary/aromatic N) is 1. The fraction of sp³-hybridized carbons (Fsp3) is 0.333. The standard InChI is InChI=1S/C18H15F4NO4/c1-8(26-18(21)22)15-5-4-11-12(10-3-2-9(19)6-13(10)20)7-14(17(24)25)23-16(11)27-15/h2-3,6-8,15,18H,4-5H2,1H3,(H,24,25)/t8-,15?/m1/s1. The Bertz CT molecular complexity index is 875. The van der Waals surface area contributed by atoms with Crippen LogP contribution >= 0.6 is 0 Å². The largest absolute Gasteiger partial charge is 0.477 e. The third-order valence-corrected chi connectivity index (χ3v) is 4.31. The fourth-order valence-electron chi connectivity index (χ4n) is 3.01. The quantitative estimate of drug-likeness (QED) is 0.787. The van der Waals surface area contributed by atoms with Gasteiger partial charge in [0.25, 0.3) is 0 Å². The van der Waals surface area contributed by atoms with Gasteiger partial charge in [-0.1, -0.05) is 0 Å². The minimum atomic E-state index is -2.98. The van der Waals surface area contributed by atoms with Gasteiger partial charge in [0, 0.05) is 17.2 Å². The number of carboxylic acid groups (broad SMARTS) is 1. The summed E-state index contributed by atoms with van der Waals surface area (Å²) in [5.74, 6) is -3.10. The van der Waals surface area contributed by atoms with Crippen molar-refractivity contribution in [3.05, 3.63) is 47.2 Å². The molecule has 2 atom stereocenters. The Balaban J connectivity index is 2.05. The summed E-state index contributed by atoms with van der Waals surface area (Å²) < 4.78 is 62.3.